The summed E-state index contributed by atoms with van der Waals surface area (Å²) < 4.78 is 36.0. The highest BCUT2D eigenvalue weighted by atomic mass is 127. The van der Waals surface area contributed by atoms with Crippen LogP contribution in [-0.2, 0) is 18.4 Å². The van der Waals surface area contributed by atoms with E-state index in [0.29, 0.717) is 16.9 Å². The molecular weight excluding hydrogens is 651 g/mol. The predicted octanol–water partition coefficient (Wildman–Crippen LogP) is 3.24. The number of nitrogens with zero attached hydrogens (tertiary/aromatic N) is 4. The second-order valence-corrected chi connectivity index (χ2v) is 13.8. The summed E-state index contributed by atoms with van der Waals surface area (Å²) in [6.45, 7) is 1.42. The summed E-state index contributed by atoms with van der Waals surface area (Å²) in [6, 6.07) is 7.90. The molecule has 17 heteroatoms. The van der Waals surface area contributed by atoms with Gasteiger partial charge in [-0.1, -0.05) is 12.1 Å². The second kappa shape index (κ2) is 10.9. The van der Waals surface area contributed by atoms with Crippen LogP contribution in [0.4, 0.5) is 5.82 Å². The Morgan fingerprint density at radius 1 is 1.28 bits per heavy atom. The number of halogens is 2. The van der Waals surface area contributed by atoms with Gasteiger partial charge in [-0.3, -0.25) is 9.13 Å². The number of nitrogens with one attached hydrogen (secondary N) is 1. The van der Waals surface area contributed by atoms with Crippen molar-refractivity contribution in [3.8, 4) is 0 Å². The Kier molecular flexibility index (Phi) is 8.42. The van der Waals surface area contributed by atoms with E-state index in [0.717, 1.165) is 9.13 Å². The first kappa shape index (κ1) is 27.8. The molecule has 1 unspecified atom stereocenters. The zero-order valence-electron chi connectivity index (χ0n) is 18.7. The average molecular weight is 674 g/mol. The highest BCUT2D eigenvalue weighted by Crippen LogP contribution is 2.55. The van der Waals surface area contributed by atoms with Crippen LogP contribution in [0.15, 0.2) is 30.5 Å². The molecular formula is C19H23ClIN5O8P2. The summed E-state index contributed by atoms with van der Waals surface area (Å²) in [6.07, 6.45) is -1.35. The van der Waals surface area contributed by atoms with Gasteiger partial charge in [-0.25, -0.2) is 4.68 Å². The van der Waals surface area contributed by atoms with Gasteiger partial charge >= 0.3 is 15.2 Å². The molecule has 3 aromatic rings. The number of aromatic nitrogens is 4. The van der Waals surface area contributed by atoms with Crippen LogP contribution in [0.3, 0.4) is 0 Å². The molecule has 5 N–H and O–H groups in total. The molecule has 2 aromatic heterocycles. The number of anilines is 1. The third-order valence-electron chi connectivity index (χ3n) is 5.43. The molecule has 0 bridgehead atoms. The molecule has 0 saturated carbocycles. The van der Waals surface area contributed by atoms with Crippen LogP contribution >= 0.6 is 49.4 Å². The van der Waals surface area contributed by atoms with E-state index >= 15 is 0 Å². The zero-order valence-corrected chi connectivity index (χ0v) is 23.4. The van der Waals surface area contributed by atoms with Crippen LogP contribution < -0.4 is 5.32 Å². The van der Waals surface area contributed by atoms with Crippen molar-refractivity contribution in [2.75, 3.05) is 17.8 Å². The lowest BCUT2D eigenvalue weighted by molar-refractivity contribution is -0.0434. The lowest BCUT2D eigenvalue weighted by atomic mass is 10.1. The Morgan fingerprint density at radius 2 is 1.97 bits per heavy atom. The molecule has 4 rings (SSSR count). The van der Waals surface area contributed by atoms with E-state index in [1.807, 2.05) is 31.2 Å². The highest BCUT2D eigenvalue weighted by Gasteiger charge is 2.39. The number of hydrogen-bond donors (Lipinski definition) is 5. The second-order valence-electron chi connectivity index (χ2n) is 8.26. The molecule has 196 valence electrons. The van der Waals surface area contributed by atoms with E-state index in [-0.39, 0.29) is 17.7 Å². The quantitative estimate of drug-likeness (QED) is 0.127. The van der Waals surface area contributed by atoms with Crippen LogP contribution in [0.1, 0.15) is 31.2 Å². The topological polar surface area (TPSA) is 189 Å². The molecule has 1 fully saturated rings. The van der Waals surface area contributed by atoms with Crippen molar-refractivity contribution in [2.24, 2.45) is 0 Å². The van der Waals surface area contributed by atoms with E-state index in [4.69, 9.17) is 30.6 Å². The monoisotopic (exact) mass is 673 g/mol. The predicted molar refractivity (Wildman–Crippen MR) is 139 cm³/mol. The van der Waals surface area contributed by atoms with Crippen molar-refractivity contribution >= 4 is 66.2 Å². The van der Waals surface area contributed by atoms with Crippen LogP contribution in [0.25, 0.3) is 11.0 Å². The molecule has 0 radical (unpaired) electrons. The van der Waals surface area contributed by atoms with Crippen molar-refractivity contribution in [2.45, 2.75) is 37.8 Å². The Balaban J connectivity index is 1.50. The van der Waals surface area contributed by atoms with Gasteiger partial charge in [0.15, 0.2) is 17.8 Å². The smallest absolute Gasteiger partial charge is 0.340 e. The van der Waals surface area contributed by atoms with Crippen molar-refractivity contribution in [3.63, 3.8) is 0 Å². The molecule has 1 aromatic carbocycles. The van der Waals surface area contributed by atoms with Crippen molar-refractivity contribution < 1.29 is 38.2 Å². The number of fused-ring (bicyclic) bond motifs is 1. The maximum absolute atomic E-state index is 11.9. The average Bonchev–Trinajstić information content (AvgIpc) is 3.34. The summed E-state index contributed by atoms with van der Waals surface area (Å²) in [5, 5.41) is 18.6. The lowest BCUT2D eigenvalue weighted by Crippen LogP contribution is -2.26. The fourth-order valence-electron chi connectivity index (χ4n) is 3.74. The van der Waals surface area contributed by atoms with Crippen LogP contribution in [-0.4, -0.2) is 64.3 Å². The van der Waals surface area contributed by atoms with Gasteiger partial charge in [0.25, 0.3) is 0 Å². The Hall–Kier alpha value is -1.19. The molecule has 0 aliphatic carbocycles. The van der Waals surface area contributed by atoms with E-state index < -0.39 is 46.1 Å². The number of aliphatic hydroxyl groups is 1. The van der Waals surface area contributed by atoms with Crippen LogP contribution in [0, 0.1) is 3.57 Å². The summed E-state index contributed by atoms with van der Waals surface area (Å²) in [7, 11) is -9.36. The molecule has 13 nitrogen and oxygen atoms in total. The van der Waals surface area contributed by atoms with E-state index in [1.54, 1.807) is 0 Å². The largest absolute Gasteiger partial charge is 0.390 e. The molecule has 0 spiro atoms. The molecule has 0 amide bonds. The normalized spacial score (nSPS) is 23.0. The van der Waals surface area contributed by atoms with Gasteiger partial charge in [0, 0.05) is 16.0 Å². The minimum absolute atomic E-state index is 0.0290. The number of benzene rings is 1. The van der Waals surface area contributed by atoms with E-state index in [1.165, 1.54) is 10.9 Å². The molecule has 1 saturated heterocycles. The number of ether oxygens (including phenoxy) is 1. The van der Waals surface area contributed by atoms with Crippen molar-refractivity contribution in [3.05, 3.63) is 44.9 Å². The van der Waals surface area contributed by atoms with Gasteiger partial charge < -0.3 is 34.4 Å². The van der Waals surface area contributed by atoms with E-state index in [2.05, 4.69) is 43.0 Å². The van der Waals surface area contributed by atoms with Gasteiger partial charge in [0.1, 0.15) is 11.9 Å². The van der Waals surface area contributed by atoms with Crippen molar-refractivity contribution in [1.29, 1.82) is 0 Å². The third kappa shape index (κ3) is 6.81. The maximum Gasteiger partial charge on any atom is 0.340 e. The Labute approximate surface area is 224 Å². The lowest BCUT2D eigenvalue weighted by Gasteiger charge is -2.18. The fourth-order valence-corrected chi connectivity index (χ4v) is 6.83. The first-order chi connectivity index (χ1) is 16.8. The van der Waals surface area contributed by atoms with Gasteiger partial charge in [-0.2, -0.15) is 15.1 Å². The Bertz CT molecular complexity index is 1340. The summed E-state index contributed by atoms with van der Waals surface area (Å²) in [4.78, 5) is 36.1. The minimum Gasteiger partial charge on any atom is -0.390 e. The van der Waals surface area contributed by atoms with Gasteiger partial charge in [0.05, 0.1) is 24.3 Å². The van der Waals surface area contributed by atoms with Gasteiger partial charge in [0.2, 0.25) is 5.28 Å². The maximum atomic E-state index is 11.9. The van der Waals surface area contributed by atoms with Crippen LogP contribution in [0.2, 0.25) is 5.28 Å². The summed E-state index contributed by atoms with van der Waals surface area (Å²) in [5.41, 5.74) is 1.39. The first-order valence-corrected chi connectivity index (χ1v) is 15.6. The molecule has 5 atom stereocenters. The molecule has 1 aliphatic heterocycles. The van der Waals surface area contributed by atoms with Gasteiger partial charge in [-0.05, 0) is 58.8 Å². The van der Waals surface area contributed by atoms with Crippen molar-refractivity contribution in [1.82, 2.24) is 19.7 Å². The standard InChI is InChI=1S/C19H23ClIN5O8P2/c1-10(11-2-4-12(21)5-3-11)23-17-13-7-22-26(18(13)25-19(20)24-17)16-6-14(27)15(34-16)8-33-36(31,32)9-35(28,29)30/h2-5,7,10,14-16,27H,6,8-9H2,1H3,(H,31,32)(H,23,24,25)(H2,28,29,30)/t10-,14+,15-,16-/m1/s1. The third-order valence-corrected chi connectivity index (χ3v) is 9.77. The fraction of sp³-hybridized carbons (Fsp3) is 0.421. The number of aliphatic hydroxyl groups excluding tert-OH is 1. The number of hydrogen-bond acceptors (Lipinski definition) is 9. The molecule has 36 heavy (non-hydrogen) atoms. The Morgan fingerprint density at radius 3 is 2.64 bits per heavy atom. The van der Waals surface area contributed by atoms with Crippen LogP contribution in [0.5, 0.6) is 0 Å². The SMILES string of the molecule is C[C@@H](Nc1nc(Cl)nc2c1cnn2[C@H]1C[C@H](O)[C@@H](COP(=O)(O)CP(=O)(O)O)O1)c1ccc(I)cc1. The zero-order chi connectivity index (χ0) is 26.3. The van der Waals surface area contributed by atoms with Gasteiger partial charge in [-0.15, -0.1) is 0 Å². The minimum atomic E-state index is -4.77. The highest BCUT2D eigenvalue weighted by molar-refractivity contribution is 14.1. The number of rotatable bonds is 9. The molecule has 1 aliphatic rings. The summed E-state index contributed by atoms with van der Waals surface area (Å²) in [5.74, 6) is -0.874. The first-order valence-electron chi connectivity index (χ1n) is 10.6. The molecule has 3 heterocycles. The van der Waals surface area contributed by atoms with E-state index in [9.17, 15) is 19.1 Å². The summed E-state index contributed by atoms with van der Waals surface area (Å²) >= 11 is 8.41.